The first-order chi connectivity index (χ1) is 11.4. The fourth-order valence-electron chi connectivity index (χ4n) is 2.64. The number of aryl methyl sites for hydroxylation is 1. The number of aromatic amines is 1. The minimum Gasteiger partial charge on any atom is -0.490 e. The van der Waals surface area contributed by atoms with Gasteiger partial charge in [0.1, 0.15) is 18.5 Å². The van der Waals surface area contributed by atoms with E-state index in [9.17, 15) is 5.11 Å². The topological polar surface area (TPSA) is 48.5 Å². The summed E-state index contributed by atoms with van der Waals surface area (Å²) in [5.74, 6) is 0.830. The van der Waals surface area contributed by atoms with Crippen LogP contribution in [0.25, 0.3) is 10.9 Å². The molecule has 0 aliphatic carbocycles. The number of aliphatic hydroxyl groups excluding tert-OH is 1. The predicted molar refractivity (Wildman–Crippen MR) is 104 cm³/mol. The monoisotopic (exact) mass is 350 g/mol. The van der Waals surface area contributed by atoms with Crippen molar-refractivity contribution in [2.75, 3.05) is 13.2 Å². The van der Waals surface area contributed by atoms with Gasteiger partial charge in [0.05, 0.1) is 0 Å². The van der Waals surface area contributed by atoms with E-state index in [0.717, 1.165) is 28.6 Å². The highest BCUT2D eigenvalue weighted by Crippen LogP contribution is 2.27. The SMILES string of the molecule is CCC(C)N(CC(O)COc1cc(C)cc2[nH]ccc12)SC(C)C. The van der Waals surface area contributed by atoms with Gasteiger partial charge in [0, 0.05) is 34.9 Å². The second kappa shape index (κ2) is 8.79. The summed E-state index contributed by atoms with van der Waals surface area (Å²) in [7, 11) is 0. The molecule has 5 heteroatoms. The highest BCUT2D eigenvalue weighted by Gasteiger charge is 2.19. The maximum atomic E-state index is 10.4. The third-order valence-corrected chi connectivity index (χ3v) is 5.23. The third kappa shape index (κ3) is 5.16. The Morgan fingerprint density at radius 3 is 2.71 bits per heavy atom. The van der Waals surface area contributed by atoms with Gasteiger partial charge < -0.3 is 14.8 Å². The van der Waals surface area contributed by atoms with Gasteiger partial charge in [0.25, 0.3) is 0 Å². The summed E-state index contributed by atoms with van der Waals surface area (Å²) < 4.78 is 8.21. The van der Waals surface area contributed by atoms with E-state index in [4.69, 9.17) is 4.74 Å². The summed E-state index contributed by atoms with van der Waals surface area (Å²) >= 11 is 1.80. The second-order valence-electron chi connectivity index (χ2n) is 6.68. The maximum absolute atomic E-state index is 10.4. The van der Waals surface area contributed by atoms with E-state index in [1.54, 1.807) is 11.9 Å². The average Bonchev–Trinajstić information content (AvgIpc) is 2.98. The van der Waals surface area contributed by atoms with Crippen molar-refractivity contribution >= 4 is 22.9 Å². The summed E-state index contributed by atoms with van der Waals surface area (Å²) in [6.07, 6.45) is 2.46. The number of benzene rings is 1. The van der Waals surface area contributed by atoms with Crippen molar-refractivity contribution in [1.29, 1.82) is 0 Å². The van der Waals surface area contributed by atoms with Crippen molar-refractivity contribution in [3.63, 3.8) is 0 Å². The number of hydrogen-bond acceptors (Lipinski definition) is 4. The standard InChI is InChI=1S/C19H30N2O2S/c1-6-15(5)21(24-13(2)3)11-16(22)12-23-19-10-14(4)9-18-17(19)7-8-20-18/h7-10,13,15-16,20,22H,6,11-12H2,1-5H3. The molecular formula is C19H30N2O2S. The lowest BCUT2D eigenvalue weighted by atomic mass is 10.1. The van der Waals surface area contributed by atoms with Gasteiger partial charge in [0.15, 0.2) is 0 Å². The zero-order chi connectivity index (χ0) is 17.7. The summed E-state index contributed by atoms with van der Waals surface area (Å²) in [5.41, 5.74) is 2.21. The Morgan fingerprint density at radius 2 is 2.04 bits per heavy atom. The van der Waals surface area contributed by atoms with Crippen molar-refractivity contribution in [2.45, 2.75) is 58.4 Å². The zero-order valence-electron chi connectivity index (χ0n) is 15.4. The van der Waals surface area contributed by atoms with Crippen LogP contribution >= 0.6 is 11.9 Å². The number of nitrogens with one attached hydrogen (secondary N) is 1. The molecule has 0 spiro atoms. The van der Waals surface area contributed by atoms with Gasteiger partial charge in [-0.1, -0.05) is 32.7 Å². The van der Waals surface area contributed by atoms with Crippen LogP contribution in [0.2, 0.25) is 0 Å². The second-order valence-corrected chi connectivity index (χ2v) is 8.30. The molecule has 0 saturated heterocycles. The van der Waals surface area contributed by atoms with E-state index in [1.165, 1.54) is 0 Å². The molecule has 2 aromatic rings. The Balaban J connectivity index is 1.98. The van der Waals surface area contributed by atoms with Crippen LogP contribution in [0.3, 0.4) is 0 Å². The van der Waals surface area contributed by atoms with Gasteiger partial charge in [-0.3, -0.25) is 0 Å². The first-order valence-corrected chi connectivity index (χ1v) is 9.56. The van der Waals surface area contributed by atoms with Gasteiger partial charge >= 0.3 is 0 Å². The highest BCUT2D eigenvalue weighted by atomic mass is 32.2. The van der Waals surface area contributed by atoms with Crippen molar-refractivity contribution in [2.24, 2.45) is 0 Å². The van der Waals surface area contributed by atoms with Gasteiger partial charge in [0.2, 0.25) is 0 Å². The maximum Gasteiger partial charge on any atom is 0.129 e. The van der Waals surface area contributed by atoms with Gasteiger partial charge in [-0.15, -0.1) is 0 Å². The van der Waals surface area contributed by atoms with E-state index in [1.807, 2.05) is 25.3 Å². The third-order valence-electron chi connectivity index (χ3n) is 4.03. The van der Waals surface area contributed by atoms with E-state index in [-0.39, 0.29) is 0 Å². The largest absolute Gasteiger partial charge is 0.490 e. The Kier molecular flexibility index (Phi) is 7.02. The molecule has 0 aliphatic heterocycles. The summed E-state index contributed by atoms with van der Waals surface area (Å²) in [6, 6.07) is 6.57. The van der Waals surface area contributed by atoms with E-state index in [2.05, 4.69) is 43.1 Å². The molecule has 1 heterocycles. The molecule has 0 aliphatic rings. The predicted octanol–water partition coefficient (Wildman–Crippen LogP) is 4.37. The Hall–Kier alpha value is -1.17. The Labute approximate surface area is 149 Å². The molecule has 2 unspecified atom stereocenters. The minimum atomic E-state index is -0.514. The molecule has 0 saturated carbocycles. The molecule has 24 heavy (non-hydrogen) atoms. The van der Waals surface area contributed by atoms with Crippen molar-refractivity contribution in [3.8, 4) is 5.75 Å². The molecule has 2 N–H and O–H groups in total. The zero-order valence-corrected chi connectivity index (χ0v) is 16.2. The van der Waals surface area contributed by atoms with Crippen molar-refractivity contribution in [3.05, 3.63) is 30.0 Å². The molecule has 1 aromatic heterocycles. The summed E-state index contributed by atoms with van der Waals surface area (Å²) in [4.78, 5) is 3.21. The van der Waals surface area contributed by atoms with Crippen LogP contribution in [0.5, 0.6) is 5.75 Å². The lowest BCUT2D eigenvalue weighted by Gasteiger charge is -2.30. The Bertz CT molecular complexity index is 641. The number of aliphatic hydroxyl groups is 1. The number of fused-ring (bicyclic) bond motifs is 1. The van der Waals surface area contributed by atoms with Crippen LogP contribution in [0, 0.1) is 6.92 Å². The smallest absolute Gasteiger partial charge is 0.129 e. The molecule has 1 aromatic carbocycles. The summed E-state index contributed by atoms with van der Waals surface area (Å²) in [6.45, 7) is 11.7. The Morgan fingerprint density at radius 1 is 1.29 bits per heavy atom. The molecule has 0 radical (unpaired) electrons. The van der Waals surface area contributed by atoms with Crippen molar-refractivity contribution in [1.82, 2.24) is 9.29 Å². The average molecular weight is 351 g/mol. The molecule has 2 atom stereocenters. The van der Waals surface area contributed by atoms with E-state index >= 15 is 0 Å². The molecule has 0 fully saturated rings. The lowest BCUT2D eigenvalue weighted by molar-refractivity contribution is 0.0857. The first-order valence-electron chi connectivity index (χ1n) is 8.72. The normalized spacial score (nSPS) is 14.5. The molecule has 0 amide bonds. The van der Waals surface area contributed by atoms with Crippen LogP contribution in [-0.4, -0.2) is 44.9 Å². The number of rotatable bonds is 9. The van der Waals surface area contributed by atoms with Crippen LogP contribution in [-0.2, 0) is 0 Å². The van der Waals surface area contributed by atoms with Crippen LogP contribution in [0.4, 0.5) is 0 Å². The van der Waals surface area contributed by atoms with E-state index < -0.39 is 6.10 Å². The fraction of sp³-hybridized carbons (Fsp3) is 0.579. The number of H-pyrrole nitrogens is 1. The molecule has 134 valence electrons. The number of aromatic nitrogens is 1. The molecule has 2 rings (SSSR count). The van der Waals surface area contributed by atoms with Gasteiger partial charge in [-0.25, -0.2) is 4.31 Å². The highest BCUT2D eigenvalue weighted by molar-refractivity contribution is 7.97. The molecular weight excluding hydrogens is 320 g/mol. The number of nitrogens with zero attached hydrogens (tertiary/aromatic N) is 1. The molecule has 0 bridgehead atoms. The van der Waals surface area contributed by atoms with Gasteiger partial charge in [-0.05, 0) is 44.0 Å². The number of ether oxygens (including phenoxy) is 1. The van der Waals surface area contributed by atoms with Crippen LogP contribution in [0.1, 0.15) is 39.7 Å². The molecule has 4 nitrogen and oxygen atoms in total. The van der Waals surface area contributed by atoms with Crippen LogP contribution in [0.15, 0.2) is 24.4 Å². The quantitative estimate of drug-likeness (QED) is 0.659. The fourth-order valence-corrected chi connectivity index (χ4v) is 3.79. The van der Waals surface area contributed by atoms with E-state index in [0.29, 0.717) is 24.4 Å². The number of hydrogen-bond donors (Lipinski definition) is 2. The minimum absolute atomic E-state index is 0.301. The van der Waals surface area contributed by atoms with Gasteiger partial charge in [-0.2, -0.15) is 0 Å². The van der Waals surface area contributed by atoms with Crippen LogP contribution < -0.4 is 4.74 Å². The van der Waals surface area contributed by atoms with Crippen molar-refractivity contribution < 1.29 is 9.84 Å². The first kappa shape index (κ1) is 19.2. The summed E-state index contributed by atoms with van der Waals surface area (Å²) in [5, 5.41) is 12.0. The lowest BCUT2D eigenvalue weighted by Crippen LogP contribution is -2.37.